The zero-order valence-corrected chi connectivity index (χ0v) is 17.4. The van der Waals surface area contributed by atoms with E-state index in [1.165, 1.54) is 12.1 Å². The predicted octanol–water partition coefficient (Wildman–Crippen LogP) is 7.13. The average Bonchev–Trinajstić information content (AvgIpc) is 2.74. The van der Waals surface area contributed by atoms with Crippen LogP contribution >= 0.6 is 0 Å². The normalized spacial score (nSPS) is 12.4. The van der Waals surface area contributed by atoms with E-state index < -0.39 is 12.1 Å². The van der Waals surface area contributed by atoms with Gasteiger partial charge in [-0.2, -0.15) is 13.2 Å². The topological polar surface area (TPSA) is 44.5 Å². The van der Waals surface area contributed by atoms with Crippen molar-refractivity contribution in [2.75, 3.05) is 12.3 Å². The SMILES string of the molecule is CCOc1ccc(C(CCCc2ccc(N)c(Oc3ccccc3)c2)C(F)(F)F)cc1. The number of nitrogen functional groups attached to an aromatic ring is 1. The Hall–Kier alpha value is -3.15. The minimum Gasteiger partial charge on any atom is -0.494 e. The summed E-state index contributed by atoms with van der Waals surface area (Å²) in [5, 5.41) is 0. The minimum absolute atomic E-state index is 0.00324. The van der Waals surface area contributed by atoms with Gasteiger partial charge in [-0.1, -0.05) is 36.4 Å². The summed E-state index contributed by atoms with van der Waals surface area (Å²) in [6, 6.07) is 20.7. The first-order chi connectivity index (χ1) is 14.9. The van der Waals surface area contributed by atoms with E-state index in [9.17, 15) is 13.2 Å². The molecule has 1 unspecified atom stereocenters. The number of ether oxygens (including phenoxy) is 2. The number of aryl methyl sites for hydroxylation is 1. The van der Waals surface area contributed by atoms with Gasteiger partial charge in [0, 0.05) is 0 Å². The maximum Gasteiger partial charge on any atom is 0.395 e. The van der Waals surface area contributed by atoms with Gasteiger partial charge >= 0.3 is 6.18 Å². The lowest BCUT2D eigenvalue weighted by atomic mass is 9.92. The standard InChI is InChI=1S/C25H26F3NO2/c1-2-30-20-14-12-19(13-15-20)22(25(26,27)28)10-6-7-18-11-16-23(29)24(17-18)31-21-8-4-3-5-9-21/h3-5,8-9,11-17,22H,2,6-7,10,29H2,1H3. The van der Waals surface area contributed by atoms with Crippen molar-refractivity contribution in [1.82, 2.24) is 0 Å². The number of rotatable bonds is 9. The summed E-state index contributed by atoms with van der Waals surface area (Å²) in [7, 11) is 0. The molecule has 0 aromatic heterocycles. The number of hydrogen-bond acceptors (Lipinski definition) is 3. The Morgan fingerprint density at radius 3 is 2.26 bits per heavy atom. The number of anilines is 1. The molecule has 0 radical (unpaired) electrons. The fraction of sp³-hybridized carbons (Fsp3) is 0.280. The number of benzene rings is 3. The molecule has 0 aliphatic carbocycles. The molecular formula is C25H26F3NO2. The molecule has 3 aromatic carbocycles. The van der Waals surface area contributed by atoms with Crippen LogP contribution in [0.4, 0.5) is 18.9 Å². The van der Waals surface area contributed by atoms with Gasteiger partial charge in [-0.05, 0) is 73.7 Å². The summed E-state index contributed by atoms with van der Waals surface area (Å²) < 4.78 is 52.2. The molecule has 2 N–H and O–H groups in total. The molecule has 3 aromatic rings. The zero-order valence-electron chi connectivity index (χ0n) is 17.4. The molecule has 1 atom stereocenters. The van der Waals surface area contributed by atoms with Crippen molar-refractivity contribution in [2.45, 2.75) is 38.3 Å². The molecule has 0 aliphatic heterocycles. The van der Waals surface area contributed by atoms with Gasteiger partial charge in [0.05, 0.1) is 18.2 Å². The number of halogens is 3. The third-order valence-electron chi connectivity index (χ3n) is 5.00. The molecule has 3 nitrogen and oxygen atoms in total. The van der Waals surface area contributed by atoms with Crippen LogP contribution in [0.25, 0.3) is 0 Å². The summed E-state index contributed by atoms with van der Waals surface area (Å²) in [6.45, 7) is 2.31. The van der Waals surface area contributed by atoms with E-state index in [-0.39, 0.29) is 12.0 Å². The summed E-state index contributed by atoms with van der Waals surface area (Å²) >= 11 is 0. The van der Waals surface area contributed by atoms with Crippen molar-refractivity contribution in [2.24, 2.45) is 0 Å². The molecule has 164 valence electrons. The van der Waals surface area contributed by atoms with Gasteiger partial charge in [0.2, 0.25) is 0 Å². The van der Waals surface area contributed by atoms with Crippen molar-refractivity contribution in [1.29, 1.82) is 0 Å². The second-order valence-electron chi connectivity index (χ2n) is 7.28. The lowest BCUT2D eigenvalue weighted by Crippen LogP contribution is -2.21. The van der Waals surface area contributed by atoms with Crippen LogP contribution in [0.5, 0.6) is 17.2 Å². The van der Waals surface area contributed by atoms with Crippen molar-refractivity contribution in [3.8, 4) is 17.2 Å². The number of nitrogens with two attached hydrogens (primary N) is 1. The van der Waals surface area contributed by atoms with E-state index in [0.717, 1.165) is 5.56 Å². The molecule has 31 heavy (non-hydrogen) atoms. The molecule has 0 amide bonds. The van der Waals surface area contributed by atoms with Gasteiger partial charge in [-0.25, -0.2) is 0 Å². The minimum atomic E-state index is -4.31. The van der Waals surface area contributed by atoms with Crippen LogP contribution in [0.3, 0.4) is 0 Å². The Kier molecular flexibility index (Phi) is 7.45. The molecule has 0 aliphatic rings. The average molecular weight is 429 g/mol. The molecule has 0 spiro atoms. The first kappa shape index (κ1) is 22.5. The first-order valence-corrected chi connectivity index (χ1v) is 10.3. The van der Waals surface area contributed by atoms with Crippen LogP contribution in [0.2, 0.25) is 0 Å². The number of alkyl halides is 3. The second-order valence-corrected chi connectivity index (χ2v) is 7.28. The number of para-hydroxylation sites is 1. The highest BCUT2D eigenvalue weighted by Gasteiger charge is 2.40. The van der Waals surface area contributed by atoms with E-state index in [1.54, 1.807) is 24.3 Å². The molecule has 0 saturated carbocycles. The Morgan fingerprint density at radius 1 is 0.903 bits per heavy atom. The third-order valence-corrected chi connectivity index (χ3v) is 5.00. The van der Waals surface area contributed by atoms with Crippen LogP contribution in [-0.2, 0) is 6.42 Å². The Bertz CT molecular complexity index is 957. The predicted molar refractivity (Wildman–Crippen MR) is 117 cm³/mol. The van der Waals surface area contributed by atoms with E-state index in [1.807, 2.05) is 43.3 Å². The van der Waals surface area contributed by atoms with Gasteiger partial charge in [0.25, 0.3) is 0 Å². The molecule has 6 heteroatoms. The summed E-state index contributed by atoms with van der Waals surface area (Å²) in [6.07, 6.45) is -3.44. The van der Waals surface area contributed by atoms with Crippen LogP contribution in [0.15, 0.2) is 72.8 Å². The lowest BCUT2D eigenvalue weighted by molar-refractivity contribution is -0.152. The monoisotopic (exact) mass is 429 g/mol. The van der Waals surface area contributed by atoms with E-state index in [2.05, 4.69) is 0 Å². The molecule has 0 fully saturated rings. The van der Waals surface area contributed by atoms with E-state index in [0.29, 0.717) is 42.4 Å². The highest BCUT2D eigenvalue weighted by Crippen LogP contribution is 2.39. The smallest absolute Gasteiger partial charge is 0.395 e. The largest absolute Gasteiger partial charge is 0.494 e. The molecule has 0 bridgehead atoms. The molecule has 0 saturated heterocycles. The van der Waals surface area contributed by atoms with Gasteiger partial charge in [0.15, 0.2) is 5.75 Å². The Labute approximate surface area is 180 Å². The van der Waals surface area contributed by atoms with Gasteiger partial charge in [-0.3, -0.25) is 0 Å². The van der Waals surface area contributed by atoms with Gasteiger partial charge in [0.1, 0.15) is 11.5 Å². The summed E-state index contributed by atoms with van der Waals surface area (Å²) in [5.41, 5.74) is 7.61. The van der Waals surface area contributed by atoms with Gasteiger partial charge in [-0.15, -0.1) is 0 Å². The van der Waals surface area contributed by atoms with E-state index in [4.69, 9.17) is 15.2 Å². The maximum absolute atomic E-state index is 13.7. The van der Waals surface area contributed by atoms with E-state index >= 15 is 0 Å². The summed E-state index contributed by atoms with van der Waals surface area (Å²) in [4.78, 5) is 0. The van der Waals surface area contributed by atoms with Crippen molar-refractivity contribution < 1.29 is 22.6 Å². The van der Waals surface area contributed by atoms with Crippen LogP contribution < -0.4 is 15.2 Å². The molecule has 3 rings (SSSR count). The Morgan fingerprint density at radius 2 is 1.61 bits per heavy atom. The van der Waals surface area contributed by atoms with Crippen LogP contribution in [0.1, 0.15) is 36.8 Å². The fourth-order valence-electron chi connectivity index (χ4n) is 3.43. The zero-order chi connectivity index (χ0) is 22.3. The van der Waals surface area contributed by atoms with Crippen molar-refractivity contribution >= 4 is 5.69 Å². The Balaban J connectivity index is 1.65. The first-order valence-electron chi connectivity index (χ1n) is 10.3. The molecular weight excluding hydrogens is 403 g/mol. The highest BCUT2D eigenvalue weighted by molar-refractivity contribution is 5.55. The lowest BCUT2D eigenvalue weighted by Gasteiger charge is -2.21. The highest BCUT2D eigenvalue weighted by atomic mass is 19.4. The quantitative estimate of drug-likeness (QED) is 0.368. The maximum atomic E-state index is 13.7. The van der Waals surface area contributed by atoms with Crippen molar-refractivity contribution in [3.63, 3.8) is 0 Å². The third kappa shape index (κ3) is 6.41. The van der Waals surface area contributed by atoms with Crippen molar-refractivity contribution in [3.05, 3.63) is 83.9 Å². The number of hydrogen-bond donors (Lipinski definition) is 1. The van der Waals surface area contributed by atoms with Crippen LogP contribution in [0, 0.1) is 0 Å². The summed E-state index contributed by atoms with van der Waals surface area (Å²) in [5.74, 6) is 0.207. The fourth-order valence-corrected chi connectivity index (χ4v) is 3.43. The van der Waals surface area contributed by atoms with Gasteiger partial charge < -0.3 is 15.2 Å². The second kappa shape index (κ2) is 10.2. The van der Waals surface area contributed by atoms with Crippen LogP contribution in [-0.4, -0.2) is 12.8 Å². The molecule has 0 heterocycles.